The van der Waals surface area contributed by atoms with Gasteiger partial charge in [0.05, 0.1) is 17.9 Å². The summed E-state index contributed by atoms with van der Waals surface area (Å²) in [6.07, 6.45) is -4.78. The number of anilines is 1. The number of nitrogen functional groups attached to an aromatic ring is 1. The Morgan fingerprint density at radius 2 is 1.95 bits per heavy atom. The second-order valence-corrected chi connectivity index (χ2v) is 4.14. The molecule has 0 bridgehead atoms. The van der Waals surface area contributed by atoms with Crippen molar-refractivity contribution in [3.63, 3.8) is 0 Å². The van der Waals surface area contributed by atoms with E-state index in [4.69, 9.17) is 5.73 Å². The van der Waals surface area contributed by atoms with Crippen molar-refractivity contribution in [2.75, 3.05) is 18.9 Å². The smallest absolute Gasteiger partial charge is 0.460 e. The van der Waals surface area contributed by atoms with Crippen molar-refractivity contribution in [3.05, 3.63) is 28.0 Å². The number of carbonyl (C=O) groups is 1. The van der Waals surface area contributed by atoms with E-state index >= 15 is 0 Å². The highest BCUT2D eigenvalue weighted by molar-refractivity contribution is 9.10. The molecule has 1 aromatic carbocycles. The Kier molecular flexibility index (Phi) is 5.12. The zero-order valence-electron chi connectivity index (χ0n) is 9.26. The van der Waals surface area contributed by atoms with Crippen LogP contribution in [0.25, 0.3) is 0 Å². The second-order valence-electron chi connectivity index (χ2n) is 3.28. The molecule has 0 amide bonds. The van der Waals surface area contributed by atoms with E-state index in [2.05, 4.69) is 25.4 Å². The summed E-state index contributed by atoms with van der Waals surface area (Å²) in [4.78, 5) is 11.5. The van der Waals surface area contributed by atoms with E-state index in [9.17, 15) is 22.4 Å². The van der Waals surface area contributed by atoms with Crippen LogP contribution in [0.4, 0.5) is 23.2 Å². The van der Waals surface area contributed by atoms with Gasteiger partial charge in [0.15, 0.2) is 0 Å². The highest BCUT2D eigenvalue weighted by atomic mass is 79.9. The lowest BCUT2D eigenvalue weighted by Gasteiger charge is -2.09. The molecule has 19 heavy (non-hydrogen) atoms. The molecule has 0 heterocycles. The van der Waals surface area contributed by atoms with Gasteiger partial charge >= 0.3 is 12.3 Å². The van der Waals surface area contributed by atoms with Gasteiger partial charge in [0.25, 0.3) is 0 Å². The lowest BCUT2D eigenvalue weighted by molar-refractivity contribution is -0.326. The van der Waals surface area contributed by atoms with Gasteiger partial charge < -0.3 is 10.5 Å². The molecule has 0 unspecified atom stereocenters. The maximum absolute atomic E-state index is 13.0. The topological polar surface area (TPSA) is 61.6 Å². The van der Waals surface area contributed by atoms with E-state index in [1.54, 1.807) is 0 Å². The first-order chi connectivity index (χ1) is 8.70. The Balaban J connectivity index is 2.57. The van der Waals surface area contributed by atoms with Crippen LogP contribution in [0, 0.1) is 5.82 Å². The minimum atomic E-state index is -4.78. The SMILES string of the molecule is Nc1cc(C(=O)OCCOC(F)(F)F)c(Br)cc1F. The van der Waals surface area contributed by atoms with E-state index < -0.39 is 31.4 Å². The van der Waals surface area contributed by atoms with Gasteiger partial charge in [-0.15, -0.1) is 13.2 Å². The third-order valence-corrected chi connectivity index (χ3v) is 2.54. The average Bonchev–Trinajstić information content (AvgIpc) is 2.28. The molecule has 2 N–H and O–H groups in total. The van der Waals surface area contributed by atoms with Crippen molar-refractivity contribution in [1.82, 2.24) is 0 Å². The highest BCUT2D eigenvalue weighted by Gasteiger charge is 2.28. The Hall–Kier alpha value is -1.35. The molecule has 0 radical (unpaired) electrons. The molecule has 0 saturated heterocycles. The molecule has 9 heteroatoms. The third-order valence-electron chi connectivity index (χ3n) is 1.89. The van der Waals surface area contributed by atoms with Gasteiger partial charge in [0.2, 0.25) is 0 Å². The third kappa shape index (κ3) is 5.03. The predicted octanol–water partition coefficient (Wildman–Crippen LogP) is 2.86. The summed E-state index contributed by atoms with van der Waals surface area (Å²) in [6.45, 7) is -1.42. The number of ether oxygens (including phenoxy) is 2. The van der Waals surface area contributed by atoms with Crippen molar-refractivity contribution in [3.8, 4) is 0 Å². The zero-order valence-corrected chi connectivity index (χ0v) is 10.8. The quantitative estimate of drug-likeness (QED) is 0.394. The van der Waals surface area contributed by atoms with Crippen molar-refractivity contribution in [1.29, 1.82) is 0 Å². The summed E-state index contributed by atoms with van der Waals surface area (Å²) >= 11 is 2.91. The van der Waals surface area contributed by atoms with Crippen LogP contribution in [0.3, 0.4) is 0 Å². The number of alkyl halides is 3. The molecule has 0 aliphatic heterocycles. The lowest BCUT2D eigenvalue weighted by Crippen LogP contribution is -2.19. The number of hydrogen-bond donors (Lipinski definition) is 1. The summed E-state index contributed by atoms with van der Waals surface area (Å²) in [5, 5.41) is 0. The fourth-order valence-corrected chi connectivity index (χ4v) is 1.57. The normalized spacial score (nSPS) is 11.4. The fourth-order valence-electron chi connectivity index (χ4n) is 1.09. The van der Waals surface area contributed by atoms with E-state index in [-0.39, 0.29) is 15.7 Å². The molecule has 0 spiro atoms. The van der Waals surface area contributed by atoms with Gasteiger partial charge in [-0.05, 0) is 28.1 Å². The van der Waals surface area contributed by atoms with Crippen LogP contribution in [0.15, 0.2) is 16.6 Å². The molecule has 0 aliphatic carbocycles. The fraction of sp³-hybridized carbons (Fsp3) is 0.300. The molecule has 0 aliphatic rings. The van der Waals surface area contributed by atoms with Gasteiger partial charge in [-0.25, -0.2) is 9.18 Å². The summed E-state index contributed by atoms with van der Waals surface area (Å²) in [6, 6.07) is 1.98. The molecular formula is C10H8BrF4NO3. The van der Waals surface area contributed by atoms with Gasteiger partial charge in [-0.2, -0.15) is 0 Å². The minimum Gasteiger partial charge on any atom is -0.460 e. The number of carbonyl (C=O) groups excluding carboxylic acids is 1. The maximum atomic E-state index is 13.0. The van der Waals surface area contributed by atoms with Gasteiger partial charge in [0.1, 0.15) is 12.4 Å². The van der Waals surface area contributed by atoms with Crippen LogP contribution >= 0.6 is 15.9 Å². The number of esters is 1. The van der Waals surface area contributed by atoms with E-state index in [1.165, 1.54) is 0 Å². The van der Waals surface area contributed by atoms with Crippen LogP contribution in [0.5, 0.6) is 0 Å². The Bertz CT molecular complexity index is 479. The van der Waals surface area contributed by atoms with Crippen LogP contribution in [0.1, 0.15) is 10.4 Å². The monoisotopic (exact) mass is 345 g/mol. The largest absolute Gasteiger partial charge is 0.522 e. The summed E-state index contributed by atoms with van der Waals surface area (Å²) in [5.74, 6) is -1.67. The van der Waals surface area contributed by atoms with Gasteiger partial charge in [-0.3, -0.25) is 4.74 Å². The van der Waals surface area contributed by atoms with Crippen molar-refractivity contribution < 1.29 is 31.8 Å². The molecule has 4 nitrogen and oxygen atoms in total. The number of halogens is 5. The molecular weight excluding hydrogens is 338 g/mol. The summed E-state index contributed by atoms with van der Waals surface area (Å²) < 4.78 is 55.9. The average molecular weight is 346 g/mol. The Morgan fingerprint density at radius 3 is 2.53 bits per heavy atom. The molecule has 1 aromatic rings. The number of hydrogen-bond acceptors (Lipinski definition) is 4. The molecule has 1 rings (SSSR count). The number of rotatable bonds is 4. The Morgan fingerprint density at radius 1 is 1.32 bits per heavy atom. The minimum absolute atomic E-state index is 0.0842. The number of nitrogens with two attached hydrogens (primary N) is 1. The lowest BCUT2D eigenvalue weighted by atomic mass is 10.2. The molecule has 0 fully saturated rings. The zero-order chi connectivity index (χ0) is 14.6. The maximum Gasteiger partial charge on any atom is 0.522 e. The standard InChI is InChI=1S/C10H8BrF4NO3/c11-6-4-7(12)8(16)3-5(6)9(17)18-1-2-19-10(13,14)15/h3-4H,1-2,16H2. The van der Waals surface area contributed by atoms with E-state index in [0.29, 0.717) is 0 Å². The molecule has 0 atom stereocenters. The van der Waals surface area contributed by atoms with Crippen LogP contribution in [-0.4, -0.2) is 25.5 Å². The number of benzene rings is 1. The highest BCUT2D eigenvalue weighted by Crippen LogP contribution is 2.23. The van der Waals surface area contributed by atoms with Crippen LogP contribution in [-0.2, 0) is 9.47 Å². The van der Waals surface area contributed by atoms with Crippen molar-refractivity contribution >= 4 is 27.6 Å². The summed E-state index contributed by atoms with van der Waals surface area (Å²) in [5.41, 5.74) is 4.89. The predicted molar refractivity (Wildman–Crippen MR) is 60.8 cm³/mol. The van der Waals surface area contributed by atoms with E-state index in [1.807, 2.05) is 0 Å². The molecule has 0 aromatic heterocycles. The Labute approximate surface area is 113 Å². The van der Waals surface area contributed by atoms with Crippen LogP contribution in [0.2, 0.25) is 0 Å². The van der Waals surface area contributed by atoms with Crippen molar-refractivity contribution in [2.45, 2.75) is 6.36 Å². The first-order valence-electron chi connectivity index (χ1n) is 4.83. The van der Waals surface area contributed by atoms with Crippen LogP contribution < -0.4 is 5.73 Å². The first kappa shape index (κ1) is 15.7. The molecule has 106 valence electrons. The van der Waals surface area contributed by atoms with Crippen molar-refractivity contribution in [2.24, 2.45) is 0 Å². The van der Waals surface area contributed by atoms with Gasteiger partial charge in [-0.1, -0.05) is 0 Å². The second kappa shape index (κ2) is 6.20. The van der Waals surface area contributed by atoms with E-state index in [0.717, 1.165) is 12.1 Å². The van der Waals surface area contributed by atoms with Gasteiger partial charge in [0, 0.05) is 4.47 Å². The summed E-state index contributed by atoms with van der Waals surface area (Å²) in [7, 11) is 0. The first-order valence-corrected chi connectivity index (χ1v) is 5.62. The molecule has 0 saturated carbocycles.